The summed E-state index contributed by atoms with van der Waals surface area (Å²) >= 11 is 7.23. The molecule has 3 aromatic rings. The van der Waals surface area contributed by atoms with Crippen LogP contribution in [-0.2, 0) is 27.2 Å². The van der Waals surface area contributed by atoms with Crippen molar-refractivity contribution in [2.45, 2.75) is 46.0 Å². The van der Waals surface area contributed by atoms with Crippen LogP contribution in [-0.4, -0.2) is 36.1 Å². The monoisotopic (exact) mass is 581 g/mol. The predicted octanol–water partition coefficient (Wildman–Crippen LogP) is 5.55. The molecule has 1 aromatic heterocycles. The third-order valence-corrected chi connectivity index (χ3v) is 7.64. The minimum atomic E-state index is -0.982. The zero-order valence-electron chi connectivity index (χ0n) is 22.0. The summed E-state index contributed by atoms with van der Waals surface area (Å²) in [5.74, 6) is -2.66. The highest BCUT2D eigenvalue weighted by Crippen LogP contribution is 2.38. The average molecular weight is 582 g/mol. The molecule has 0 spiro atoms. The van der Waals surface area contributed by atoms with Crippen molar-refractivity contribution in [3.8, 4) is 5.75 Å². The fraction of sp³-hybridized carbons (Fsp3) is 0.276. The molecule has 0 fully saturated rings. The van der Waals surface area contributed by atoms with E-state index in [9.17, 15) is 19.2 Å². The first-order chi connectivity index (χ1) is 19.3. The average Bonchev–Trinajstić information content (AvgIpc) is 3.11. The zero-order valence-corrected chi connectivity index (χ0v) is 23.6. The fourth-order valence-electron chi connectivity index (χ4n) is 4.21. The van der Waals surface area contributed by atoms with Crippen LogP contribution in [0.3, 0.4) is 0 Å². The van der Waals surface area contributed by atoms with Crippen LogP contribution in [0.1, 0.15) is 69.8 Å². The van der Waals surface area contributed by atoms with Gasteiger partial charge in [0.05, 0.1) is 23.4 Å². The summed E-state index contributed by atoms with van der Waals surface area (Å²) < 4.78 is 10.6. The number of esters is 2. The zero-order chi connectivity index (χ0) is 28.6. The Morgan fingerprint density at radius 3 is 2.42 bits per heavy atom. The summed E-state index contributed by atoms with van der Waals surface area (Å²) in [5, 5.41) is 7.33. The molecule has 2 aromatic carbocycles. The van der Waals surface area contributed by atoms with Crippen LogP contribution in [0, 0.1) is 0 Å². The highest BCUT2D eigenvalue weighted by molar-refractivity contribution is 7.17. The highest BCUT2D eigenvalue weighted by Gasteiger charge is 2.28. The largest absolute Gasteiger partial charge is 0.462 e. The number of hydrazone groups is 1. The van der Waals surface area contributed by atoms with Crippen molar-refractivity contribution < 1.29 is 28.7 Å². The van der Waals surface area contributed by atoms with Gasteiger partial charge in [-0.15, -0.1) is 11.3 Å². The van der Waals surface area contributed by atoms with Crippen LogP contribution < -0.4 is 15.5 Å². The predicted molar refractivity (Wildman–Crippen MR) is 153 cm³/mol. The topological polar surface area (TPSA) is 123 Å². The Labute approximate surface area is 240 Å². The number of ether oxygens (including phenoxy) is 2. The van der Waals surface area contributed by atoms with Crippen molar-refractivity contribution >= 4 is 57.4 Å². The molecular weight excluding hydrogens is 554 g/mol. The Morgan fingerprint density at radius 1 is 0.950 bits per heavy atom. The van der Waals surface area contributed by atoms with Crippen LogP contribution >= 0.6 is 22.9 Å². The molecular formula is C29H28ClN3O6S. The van der Waals surface area contributed by atoms with E-state index in [-0.39, 0.29) is 6.61 Å². The number of hydrogen-bond donors (Lipinski definition) is 2. The van der Waals surface area contributed by atoms with Crippen molar-refractivity contribution in [3.63, 3.8) is 0 Å². The van der Waals surface area contributed by atoms with E-state index in [0.717, 1.165) is 42.5 Å². The van der Waals surface area contributed by atoms with Gasteiger partial charge in [-0.1, -0.05) is 24.1 Å². The molecule has 0 saturated carbocycles. The van der Waals surface area contributed by atoms with Crippen LogP contribution in [0.2, 0.25) is 5.02 Å². The maximum Gasteiger partial charge on any atom is 0.343 e. The van der Waals surface area contributed by atoms with Gasteiger partial charge in [0, 0.05) is 9.90 Å². The summed E-state index contributed by atoms with van der Waals surface area (Å²) in [5.41, 5.74) is 4.85. The lowest BCUT2D eigenvalue weighted by Crippen LogP contribution is -2.33. The number of anilines is 1. The minimum Gasteiger partial charge on any atom is -0.462 e. The van der Waals surface area contributed by atoms with Gasteiger partial charge in [0.15, 0.2) is 0 Å². The number of thiophene rings is 1. The van der Waals surface area contributed by atoms with E-state index in [1.54, 1.807) is 56.3 Å². The number of aryl methyl sites for hydroxylation is 1. The van der Waals surface area contributed by atoms with E-state index in [2.05, 4.69) is 15.8 Å². The number of hydrogen-bond acceptors (Lipinski definition) is 8. The second kappa shape index (κ2) is 13.4. The van der Waals surface area contributed by atoms with E-state index >= 15 is 0 Å². The van der Waals surface area contributed by atoms with E-state index in [1.165, 1.54) is 17.4 Å². The van der Waals surface area contributed by atoms with Gasteiger partial charge in [0.25, 0.3) is 0 Å². The SMILES string of the molecule is CCOC(=O)c1c(NC(=O)C(=O)NN=C(C)c2ccc(OC(=O)c3cccc(Cl)c3)cc2)sc2c1CCCCC2. The lowest BCUT2D eigenvalue weighted by Gasteiger charge is -2.08. The Hall–Kier alpha value is -4.02. The number of nitrogens with one attached hydrogen (secondary N) is 2. The maximum absolute atomic E-state index is 12.7. The molecule has 0 saturated heterocycles. The molecule has 0 bridgehead atoms. The molecule has 11 heteroatoms. The van der Waals surface area contributed by atoms with Gasteiger partial charge in [-0.05, 0) is 93.1 Å². The van der Waals surface area contributed by atoms with Gasteiger partial charge in [-0.2, -0.15) is 5.10 Å². The van der Waals surface area contributed by atoms with Crippen molar-refractivity contribution in [1.29, 1.82) is 0 Å². The molecule has 0 aliphatic heterocycles. The Balaban J connectivity index is 1.39. The first-order valence-electron chi connectivity index (χ1n) is 12.8. The molecule has 1 aliphatic carbocycles. The lowest BCUT2D eigenvalue weighted by molar-refractivity contribution is -0.136. The van der Waals surface area contributed by atoms with Crippen LogP contribution in [0.25, 0.3) is 0 Å². The van der Waals surface area contributed by atoms with Crippen LogP contribution in [0.4, 0.5) is 5.00 Å². The summed E-state index contributed by atoms with van der Waals surface area (Å²) in [6.45, 7) is 3.58. The van der Waals surface area contributed by atoms with Gasteiger partial charge < -0.3 is 14.8 Å². The highest BCUT2D eigenvalue weighted by atomic mass is 35.5. The van der Waals surface area contributed by atoms with Gasteiger partial charge in [0.2, 0.25) is 0 Å². The molecule has 208 valence electrons. The molecule has 1 heterocycles. The summed E-state index contributed by atoms with van der Waals surface area (Å²) in [6, 6.07) is 12.9. The van der Waals surface area contributed by atoms with Crippen molar-refractivity contribution in [2.75, 3.05) is 11.9 Å². The van der Waals surface area contributed by atoms with Crippen molar-refractivity contribution in [3.05, 3.63) is 80.7 Å². The number of nitrogens with zero attached hydrogens (tertiary/aromatic N) is 1. The normalized spacial score (nSPS) is 13.0. The first-order valence-corrected chi connectivity index (χ1v) is 14.0. The minimum absolute atomic E-state index is 0.205. The number of carbonyl (C=O) groups excluding carboxylic acids is 4. The smallest absolute Gasteiger partial charge is 0.343 e. The van der Waals surface area contributed by atoms with Gasteiger partial charge >= 0.3 is 23.8 Å². The number of carbonyl (C=O) groups is 4. The molecule has 1 aliphatic rings. The van der Waals surface area contributed by atoms with Crippen LogP contribution in [0.5, 0.6) is 5.75 Å². The number of fused-ring (bicyclic) bond motifs is 1. The summed E-state index contributed by atoms with van der Waals surface area (Å²) in [7, 11) is 0. The third-order valence-electron chi connectivity index (χ3n) is 6.20. The van der Waals surface area contributed by atoms with Gasteiger partial charge in [-0.25, -0.2) is 15.0 Å². The quantitative estimate of drug-likeness (QED) is 0.0942. The summed E-state index contributed by atoms with van der Waals surface area (Å²) in [6.07, 6.45) is 4.56. The maximum atomic E-state index is 12.7. The Kier molecular flexibility index (Phi) is 9.68. The van der Waals surface area contributed by atoms with Crippen LogP contribution in [0.15, 0.2) is 53.6 Å². The summed E-state index contributed by atoms with van der Waals surface area (Å²) in [4.78, 5) is 51.2. The van der Waals surface area contributed by atoms with E-state index in [0.29, 0.717) is 38.2 Å². The number of halogens is 1. The van der Waals surface area contributed by atoms with Gasteiger partial charge in [0.1, 0.15) is 10.8 Å². The van der Waals surface area contributed by atoms with E-state index in [1.807, 2.05) is 0 Å². The Morgan fingerprint density at radius 2 is 1.70 bits per heavy atom. The second-order valence-electron chi connectivity index (χ2n) is 9.01. The first kappa shape index (κ1) is 29.0. The molecule has 2 N–H and O–H groups in total. The fourth-order valence-corrected chi connectivity index (χ4v) is 5.67. The number of amides is 2. The molecule has 9 nitrogen and oxygen atoms in total. The standard InChI is InChI=1S/C29H28ClN3O6S/c1-3-38-29(37)24-22-10-5-4-6-11-23(22)40-27(24)31-25(34)26(35)33-32-17(2)18-12-14-21(15-13-18)39-28(36)19-8-7-9-20(30)16-19/h7-9,12-16H,3-6,10-11H2,1-2H3,(H,31,34)(H,33,35). The van der Waals surface area contributed by atoms with Crippen molar-refractivity contribution in [1.82, 2.24) is 5.43 Å². The van der Waals surface area contributed by atoms with Gasteiger partial charge in [-0.3, -0.25) is 9.59 Å². The second-order valence-corrected chi connectivity index (χ2v) is 10.5. The molecule has 40 heavy (non-hydrogen) atoms. The lowest BCUT2D eigenvalue weighted by atomic mass is 10.1. The molecule has 0 atom stereocenters. The van der Waals surface area contributed by atoms with Crippen molar-refractivity contribution in [2.24, 2.45) is 5.10 Å². The molecule has 4 rings (SSSR count). The van der Waals surface area contributed by atoms with E-state index in [4.69, 9.17) is 21.1 Å². The van der Waals surface area contributed by atoms with E-state index < -0.39 is 23.8 Å². The third kappa shape index (κ3) is 7.13. The molecule has 2 amide bonds. The number of rotatable bonds is 7. The molecule has 0 radical (unpaired) electrons. The Bertz CT molecular complexity index is 1460. The molecule has 0 unspecified atom stereocenters. The number of benzene rings is 2.